The number of carbonyl (C=O) groups is 1. The molecule has 0 saturated heterocycles. The van der Waals surface area contributed by atoms with Crippen molar-refractivity contribution < 1.29 is 62.2 Å². The van der Waals surface area contributed by atoms with Crippen molar-refractivity contribution in [2.45, 2.75) is 48.7 Å². The summed E-state index contributed by atoms with van der Waals surface area (Å²) in [6, 6.07) is 5.48. The molecule has 3 aromatic rings. The zero-order valence-corrected chi connectivity index (χ0v) is 22.0. The summed E-state index contributed by atoms with van der Waals surface area (Å²) in [5, 5.41) is 17.9. The van der Waals surface area contributed by atoms with Crippen molar-refractivity contribution in [3.8, 4) is 28.8 Å². The van der Waals surface area contributed by atoms with E-state index >= 15 is 0 Å². The van der Waals surface area contributed by atoms with Gasteiger partial charge in [-0.05, 0) is 30.5 Å². The fraction of sp³-hybridized carbons (Fsp3) is 0.391. The first kappa shape index (κ1) is 32.8. The smallest absolute Gasteiger partial charge is 0.421 e. The second-order valence-electron chi connectivity index (χ2n) is 9.40. The van der Waals surface area contributed by atoms with Crippen molar-refractivity contribution in [3.63, 3.8) is 0 Å². The number of hydrogen-bond acceptors (Lipinski definition) is 5. The number of nitriles is 1. The average Bonchev–Trinajstić information content (AvgIpc) is 3.35. The number of ether oxygens (including phenoxy) is 1. The minimum atomic E-state index is -7.07. The van der Waals surface area contributed by atoms with Crippen LogP contribution in [-0.4, -0.2) is 55.4 Å². The maximum Gasteiger partial charge on any atom is 0.474 e. The predicted molar refractivity (Wildman–Crippen MR) is 122 cm³/mol. The Labute approximate surface area is 241 Å². The number of nitrogens with zero attached hydrogens (tertiary/aromatic N) is 5. The van der Waals surface area contributed by atoms with Crippen LogP contribution in [0.1, 0.15) is 28.9 Å². The van der Waals surface area contributed by atoms with Gasteiger partial charge in [0.05, 0.1) is 22.9 Å². The summed E-state index contributed by atoms with van der Waals surface area (Å²) in [4.78, 5) is 12.7. The summed E-state index contributed by atoms with van der Waals surface area (Å²) < 4.78 is 165. The lowest BCUT2D eigenvalue weighted by Gasteiger charge is -2.28. The van der Waals surface area contributed by atoms with Crippen LogP contribution in [0.2, 0.25) is 5.02 Å². The van der Waals surface area contributed by atoms with Crippen LogP contribution in [0.5, 0.6) is 5.75 Å². The lowest BCUT2D eigenvalue weighted by Crippen LogP contribution is -2.55. The number of halogens is 13. The highest BCUT2D eigenvalue weighted by molar-refractivity contribution is 6.34. The summed E-state index contributed by atoms with van der Waals surface area (Å²) >= 11 is 6.06. The van der Waals surface area contributed by atoms with E-state index < -0.39 is 59.0 Å². The van der Waals surface area contributed by atoms with Gasteiger partial charge in [-0.15, -0.1) is 0 Å². The van der Waals surface area contributed by atoms with E-state index in [0.717, 1.165) is 18.5 Å². The molecule has 238 valence electrons. The SMILES string of the molecule is Cn1nc(C(F)(F)C(F)(F)F)c(OC(F)(F)C(F)(F)C(F)(F)F)c1-n1cc(-c2ccc(Cl)c(C(=O)NC3(C#N)CC3)c2)cn1. The highest BCUT2D eigenvalue weighted by Gasteiger charge is 2.76. The number of nitrogens with one attached hydrogen (secondary N) is 1. The largest absolute Gasteiger partial charge is 0.474 e. The molecule has 21 heteroatoms. The number of hydrogen-bond donors (Lipinski definition) is 1. The fourth-order valence-electron chi connectivity index (χ4n) is 3.68. The van der Waals surface area contributed by atoms with Crippen LogP contribution in [-0.2, 0) is 13.0 Å². The molecular formula is C23H13ClF12N6O2. The second-order valence-corrected chi connectivity index (χ2v) is 9.81. The molecule has 1 fully saturated rings. The van der Waals surface area contributed by atoms with Gasteiger partial charge in [-0.2, -0.15) is 68.1 Å². The number of rotatable bonds is 8. The summed E-state index contributed by atoms with van der Waals surface area (Å²) in [6.45, 7) is 0. The van der Waals surface area contributed by atoms with E-state index in [0.29, 0.717) is 19.9 Å². The molecule has 2 aromatic heterocycles. The molecule has 44 heavy (non-hydrogen) atoms. The van der Waals surface area contributed by atoms with E-state index in [9.17, 15) is 62.7 Å². The molecular weight excluding hydrogens is 656 g/mol. The van der Waals surface area contributed by atoms with Gasteiger partial charge in [0.1, 0.15) is 5.54 Å². The zero-order valence-electron chi connectivity index (χ0n) is 21.3. The second kappa shape index (κ2) is 10.2. The van der Waals surface area contributed by atoms with Crippen LogP contribution in [0.25, 0.3) is 16.9 Å². The molecule has 4 rings (SSSR count). The van der Waals surface area contributed by atoms with Crippen molar-refractivity contribution in [2.75, 3.05) is 0 Å². The standard InChI is InChI=1S/C23H13ClF12N6O2/c1-41-17(14(15(40-41)19(25,26)21(29,30)31)44-23(35,36)20(27,28)22(32,33)34)42-8-11(7-38-42)10-2-3-13(24)12(6-10)16(43)39-18(9-37)4-5-18/h2-3,6-8H,4-5H2,1H3,(H,39,43). The van der Waals surface area contributed by atoms with Gasteiger partial charge < -0.3 is 10.1 Å². The monoisotopic (exact) mass is 668 g/mol. The molecule has 0 unspecified atom stereocenters. The van der Waals surface area contributed by atoms with Crippen LogP contribution in [0.15, 0.2) is 30.6 Å². The number of aryl methyl sites for hydroxylation is 1. The highest BCUT2D eigenvalue weighted by Crippen LogP contribution is 2.52. The number of aromatic nitrogens is 4. The Kier molecular flexibility index (Phi) is 7.60. The summed E-state index contributed by atoms with van der Waals surface area (Å²) in [7, 11) is 0.563. The molecule has 8 nitrogen and oxygen atoms in total. The maximum absolute atomic E-state index is 14.3. The van der Waals surface area contributed by atoms with E-state index in [1.54, 1.807) is 0 Å². The Hall–Kier alpha value is -4.15. The Bertz CT molecular complexity index is 1650. The molecule has 1 amide bonds. The first-order chi connectivity index (χ1) is 20.0. The number of carbonyl (C=O) groups excluding carboxylic acids is 1. The first-order valence-corrected chi connectivity index (χ1v) is 12.0. The van der Waals surface area contributed by atoms with E-state index in [2.05, 4.69) is 20.3 Å². The van der Waals surface area contributed by atoms with Crippen LogP contribution in [0, 0.1) is 11.3 Å². The van der Waals surface area contributed by atoms with Crippen LogP contribution in [0.4, 0.5) is 52.7 Å². The lowest BCUT2D eigenvalue weighted by molar-refractivity contribution is -0.403. The molecule has 1 aromatic carbocycles. The normalized spacial score (nSPS) is 15.6. The van der Waals surface area contributed by atoms with Crippen molar-refractivity contribution in [1.29, 1.82) is 5.26 Å². The Morgan fingerprint density at radius 2 is 1.64 bits per heavy atom. The van der Waals surface area contributed by atoms with Gasteiger partial charge in [-0.25, -0.2) is 9.36 Å². The summed E-state index contributed by atoms with van der Waals surface area (Å²) in [5.41, 5.74) is -4.16. The molecule has 1 saturated carbocycles. The summed E-state index contributed by atoms with van der Waals surface area (Å²) in [5.74, 6) is -18.0. The van der Waals surface area contributed by atoms with Gasteiger partial charge in [-0.1, -0.05) is 17.7 Å². The third-order valence-corrected chi connectivity index (χ3v) is 6.57. The fourth-order valence-corrected chi connectivity index (χ4v) is 3.88. The third-order valence-electron chi connectivity index (χ3n) is 6.24. The number of alkyl halides is 12. The van der Waals surface area contributed by atoms with Gasteiger partial charge in [0.15, 0.2) is 11.5 Å². The van der Waals surface area contributed by atoms with Crippen LogP contribution in [0.3, 0.4) is 0 Å². The molecule has 1 N–H and O–H groups in total. The zero-order chi connectivity index (χ0) is 33.3. The van der Waals surface area contributed by atoms with E-state index in [1.165, 1.54) is 12.1 Å². The van der Waals surface area contributed by atoms with Gasteiger partial charge in [0, 0.05) is 18.8 Å². The van der Waals surface area contributed by atoms with Gasteiger partial charge in [0.2, 0.25) is 5.75 Å². The lowest BCUT2D eigenvalue weighted by atomic mass is 10.1. The molecule has 0 bridgehead atoms. The maximum atomic E-state index is 14.3. The van der Waals surface area contributed by atoms with E-state index in [4.69, 9.17) is 11.6 Å². The number of amides is 1. The average molecular weight is 669 g/mol. The molecule has 1 aliphatic carbocycles. The first-order valence-electron chi connectivity index (χ1n) is 11.6. The van der Waals surface area contributed by atoms with Gasteiger partial charge >= 0.3 is 30.3 Å². The minimum absolute atomic E-state index is 0.000613. The third kappa shape index (κ3) is 5.48. The van der Waals surface area contributed by atoms with Crippen LogP contribution < -0.4 is 10.1 Å². The van der Waals surface area contributed by atoms with E-state index in [1.807, 2.05) is 6.07 Å². The molecule has 0 atom stereocenters. The molecule has 0 radical (unpaired) electrons. The van der Waals surface area contributed by atoms with Crippen molar-refractivity contribution in [1.82, 2.24) is 24.9 Å². The van der Waals surface area contributed by atoms with Crippen molar-refractivity contribution >= 4 is 17.5 Å². The summed E-state index contributed by atoms with van der Waals surface area (Å²) in [6.07, 6.45) is -18.1. The van der Waals surface area contributed by atoms with Crippen molar-refractivity contribution in [3.05, 3.63) is 46.9 Å². The van der Waals surface area contributed by atoms with Gasteiger partial charge in [-0.3, -0.25) is 4.79 Å². The molecule has 1 aliphatic rings. The van der Waals surface area contributed by atoms with Crippen molar-refractivity contribution in [2.24, 2.45) is 7.05 Å². The molecule has 2 heterocycles. The Morgan fingerprint density at radius 1 is 1.02 bits per heavy atom. The molecule has 0 aliphatic heterocycles. The quantitative estimate of drug-likeness (QED) is 0.275. The minimum Gasteiger partial charge on any atom is -0.421 e. The Morgan fingerprint density at radius 3 is 2.16 bits per heavy atom. The Balaban J connectivity index is 1.82. The number of benzene rings is 1. The predicted octanol–water partition coefficient (Wildman–Crippen LogP) is 6.54. The highest BCUT2D eigenvalue weighted by atomic mass is 35.5. The van der Waals surface area contributed by atoms with E-state index in [-0.39, 0.29) is 31.1 Å². The molecule has 0 spiro atoms. The van der Waals surface area contributed by atoms with Gasteiger partial charge in [0.25, 0.3) is 5.91 Å². The van der Waals surface area contributed by atoms with Crippen LogP contribution >= 0.6 is 11.6 Å². The topological polar surface area (TPSA) is 97.8 Å².